The molecule has 6 heteroatoms. The number of nitrogens with two attached hydrogens (primary N) is 1. The Morgan fingerprint density at radius 3 is 2.79 bits per heavy atom. The molecule has 0 unspecified atom stereocenters. The summed E-state index contributed by atoms with van der Waals surface area (Å²) in [5.74, 6) is 0.985. The largest absolute Gasteiger partial charge is 0.493 e. The van der Waals surface area contributed by atoms with Crippen LogP contribution >= 0.6 is 0 Å². The van der Waals surface area contributed by atoms with Gasteiger partial charge in [0, 0.05) is 19.0 Å². The van der Waals surface area contributed by atoms with Gasteiger partial charge < -0.3 is 25.2 Å². The number of para-hydroxylation sites is 1. The second kappa shape index (κ2) is 7.85. The predicted octanol–water partition coefficient (Wildman–Crippen LogP) is 1.66. The summed E-state index contributed by atoms with van der Waals surface area (Å²) in [5, 5.41) is 10.2. The maximum atomic E-state index is 12.9. The number of benzene rings is 1. The number of rotatable bonds is 7. The fourth-order valence-corrected chi connectivity index (χ4v) is 2.94. The van der Waals surface area contributed by atoms with Crippen LogP contribution in [0.2, 0.25) is 0 Å². The minimum Gasteiger partial charge on any atom is -0.493 e. The highest BCUT2D eigenvalue weighted by molar-refractivity contribution is 5.98. The Balaban J connectivity index is 2.20. The molecule has 0 spiro atoms. The van der Waals surface area contributed by atoms with Crippen LogP contribution < -0.4 is 15.2 Å². The van der Waals surface area contributed by atoms with Gasteiger partial charge in [-0.1, -0.05) is 6.07 Å². The summed E-state index contributed by atoms with van der Waals surface area (Å²) < 4.78 is 11.1. The highest BCUT2D eigenvalue weighted by atomic mass is 16.5. The minimum atomic E-state index is -0.788. The molecule has 134 valence electrons. The van der Waals surface area contributed by atoms with Crippen molar-refractivity contribution in [2.24, 2.45) is 11.7 Å². The molecule has 1 aromatic rings. The van der Waals surface area contributed by atoms with Gasteiger partial charge in [-0.25, -0.2) is 0 Å². The first-order valence-corrected chi connectivity index (χ1v) is 8.40. The molecule has 1 amide bonds. The quantitative estimate of drug-likeness (QED) is 0.740. The van der Waals surface area contributed by atoms with Crippen LogP contribution in [0.5, 0.6) is 11.5 Å². The first-order valence-electron chi connectivity index (χ1n) is 8.40. The van der Waals surface area contributed by atoms with Gasteiger partial charge in [-0.3, -0.25) is 4.79 Å². The molecule has 0 aromatic heterocycles. The molecule has 1 saturated heterocycles. The second-order valence-corrected chi connectivity index (χ2v) is 6.72. The molecule has 24 heavy (non-hydrogen) atoms. The zero-order valence-corrected chi connectivity index (χ0v) is 14.7. The van der Waals surface area contributed by atoms with Crippen LogP contribution in [0, 0.1) is 5.92 Å². The molecule has 6 nitrogen and oxygen atoms in total. The van der Waals surface area contributed by atoms with Gasteiger partial charge in [-0.05, 0) is 45.4 Å². The molecular formula is C18H28N2O4. The number of amides is 1. The highest BCUT2D eigenvalue weighted by Gasteiger charge is 2.36. The van der Waals surface area contributed by atoms with Crippen LogP contribution in [0.25, 0.3) is 0 Å². The van der Waals surface area contributed by atoms with E-state index in [1.807, 2.05) is 0 Å². The lowest BCUT2D eigenvalue weighted by atomic mass is 9.90. The van der Waals surface area contributed by atoms with Crippen LogP contribution in [-0.2, 0) is 0 Å². The number of hydrogen-bond donors (Lipinski definition) is 2. The third-order valence-corrected chi connectivity index (χ3v) is 4.50. The number of nitrogens with zero attached hydrogens (tertiary/aromatic N) is 1. The average molecular weight is 336 g/mol. The third-order valence-electron chi connectivity index (χ3n) is 4.50. The maximum Gasteiger partial charge on any atom is 0.257 e. The number of hydrogen-bond acceptors (Lipinski definition) is 5. The molecule has 1 heterocycles. The lowest BCUT2D eigenvalue weighted by Gasteiger charge is -2.26. The first kappa shape index (κ1) is 18.5. The zero-order chi connectivity index (χ0) is 17.7. The fraction of sp³-hybridized carbons (Fsp3) is 0.611. The van der Waals surface area contributed by atoms with Crippen molar-refractivity contribution in [2.75, 3.05) is 33.4 Å². The van der Waals surface area contributed by atoms with Crippen LogP contribution in [0.1, 0.15) is 37.0 Å². The number of likely N-dealkylation sites (tertiary alicyclic amines) is 1. The van der Waals surface area contributed by atoms with Crippen molar-refractivity contribution in [3.05, 3.63) is 23.8 Å². The summed E-state index contributed by atoms with van der Waals surface area (Å²) >= 11 is 0. The summed E-state index contributed by atoms with van der Waals surface area (Å²) in [4.78, 5) is 14.7. The predicted molar refractivity (Wildman–Crippen MR) is 92.5 cm³/mol. The van der Waals surface area contributed by atoms with E-state index in [0.717, 1.165) is 6.42 Å². The van der Waals surface area contributed by atoms with Gasteiger partial charge in [0.05, 0.1) is 24.9 Å². The molecule has 1 aromatic carbocycles. The lowest BCUT2D eigenvalue weighted by molar-refractivity contribution is 0.0211. The number of carbonyl (C=O) groups is 1. The SMILES string of the molecule is COc1cccc(C(=O)N2CC[C@H](C(C)(C)O)C2)c1OCCCN. The Morgan fingerprint density at radius 2 is 2.21 bits per heavy atom. The molecular weight excluding hydrogens is 308 g/mol. The first-order chi connectivity index (χ1) is 11.4. The smallest absolute Gasteiger partial charge is 0.257 e. The standard InChI is InChI=1S/C18H28N2O4/c1-18(2,22)13-8-10-20(12-13)17(21)14-6-4-7-15(23-3)16(14)24-11-5-9-19/h4,6-7,13,22H,5,8-12,19H2,1-3H3/t13-/m0/s1. The molecule has 0 saturated carbocycles. The van der Waals surface area contributed by atoms with Crippen LogP contribution in [0.3, 0.4) is 0 Å². The van der Waals surface area contributed by atoms with Crippen molar-refractivity contribution < 1.29 is 19.4 Å². The van der Waals surface area contributed by atoms with Gasteiger partial charge in [-0.2, -0.15) is 0 Å². The summed E-state index contributed by atoms with van der Waals surface area (Å²) in [6.45, 7) is 5.72. The third kappa shape index (κ3) is 4.19. The Labute approximate surface area is 143 Å². The van der Waals surface area contributed by atoms with E-state index in [1.165, 1.54) is 0 Å². The van der Waals surface area contributed by atoms with Gasteiger partial charge >= 0.3 is 0 Å². The Bertz CT molecular complexity index is 569. The van der Waals surface area contributed by atoms with Crippen molar-refractivity contribution in [3.8, 4) is 11.5 Å². The molecule has 0 radical (unpaired) electrons. The average Bonchev–Trinajstić information content (AvgIpc) is 3.04. The second-order valence-electron chi connectivity index (χ2n) is 6.72. The molecule has 1 aliphatic rings. The van der Waals surface area contributed by atoms with Gasteiger partial charge in [0.25, 0.3) is 5.91 Å². The Kier molecular flexibility index (Phi) is 6.07. The summed E-state index contributed by atoms with van der Waals surface area (Å²) in [6.07, 6.45) is 1.50. The van der Waals surface area contributed by atoms with E-state index >= 15 is 0 Å². The topological polar surface area (TPSA) is 85.0 Å². The van der Waals surface area contributed by atoms with Crippen molar-refractivity contribution >= 4 is 5.91 Å². The van der Waals surface area contributed by atoms with E-state index in [4.69, 9.17) is 15.2 Å². The fourth-order valence-electron chi connectivity index (χ4n) is 2.94. The monoisotopic (exact) mass is 336 g/mol. The highest BCUT2D eigenvalue weighted by Crippen LogP contribution is 2.34. The van der Waals surface area contributed by atoms with E-state index < -0.39 is 5.60 Å². The molecule has 3 N–H and O–H groups in total. The van der Waals surface area contributed by atoms with Crippen molar-refractivity contribution in [1.29, 1.82) is 0 Å². The minimum absolute atomic E-state index is 0.0775. The number of carbonyl (C=O) groups excluding carboxylic acids is 1. The van der Waals surface area contributed by atoms with Crippen molar-refractivity contribution in [1.82, 2.24) is 4.90 Å². The van der Waals surface area contributed by atoms with Crippen LogP contribution in [-0.4, -0.2) is 54.9 Å². The van der Waals surface area contributed by atoms with Gasteiger partial charge in [0.15, 0.2) is 11.5 Å². The summed E-state index contributed by atoms with van der Waals surface area (Å²) in [5.41, 5.74) is 5.21. The molecule has 1 atom stereocenters. The molecule has 0 bridgehead atoms. The van der Waals surface area contributed by atoms with Crippen molar-refractivity contribution in [3.63, 3.8) is 0 Å². The maximum absolute atomic E-state index is 12.9. The zero-order valence-electron chi connectivity index (χ0n) is 14.7. The van der Waals surface area contributed by atoms with E-state index in [2.05, 4.69) is 0 Å². The molecule has 1 fully saturated rings. The Hall–Kier alpha value is -1.79. The van der Waals surface area contributed by atoms with E-state index in [-0.39, 0.29) is 11.8 Å². The van der Waals surface area contributed by atoms with E-state index in [9.17, 15) is 9.90 Å². The van der Waals surface area contributed by atoms with E-state index in [0.29, 0.717) is 49.7 Å². The van der Waals surface area contributed by atoms with Crippen molar-refractivity contribution in [2.45, 2.75) is 32.3 Å². The van der Waals surface area contributed by atoms with Crippen LogP contribution in [0.15, 0.2) is 18.2 Å². The number of ether oxygens (including phenoxy) is 2. The summed E-state index contributed by atoms with van der Waals surface area (Å²) in [7, 11) is 1.56. The van der Waals surface area contributed by atoms with E-state index in [1.54, 1.807) is 44.1 Å². The summed E-state index contributed by atoms with van der Waals surface area (Å²) in [6, 6.07) is 5.31. The van der Waals surface area contributed by atoms with Gasteiger partial charge in [-0.15, -0.1) is 0 Å². The van der Waals surface area contributed by atoms with Gasteiger partial charge in [0.1, 0.15) is 0 Å². The van der Waals surface area contributed by atoms with Crippen LogP contribution in [0.4, 0.5) is 0 Å². The molecule has 1 aliphatic heterocycles. The van der Waals surface area contributed by atoms with Gasteiger partial charge in [0.2, 0.25) is 0 Å². The number of aliphatic hydroxyl groups is 1. The number of methoxy groups -OCH3 is 1. The normalized spacial score (nSPS) is 17.9. The lowest BCUT2D eigenvalue weighted by Crippen LogP contribution is -2.35. The molecule has 2 rings (SSSR count). The Morgan fingerprint density at radius 1 is 1.46 bits per heavy atom. The molecule has 0 aliphatic carbocycles.